The Hall–Kier alpha value is -3.70. The topological polar surface area (TPSA) is 174 Å². The number of rotatable bonds is 32. The van der Waals surface area contributed by atoms with Gasteiger partial charge in [-0.2, -0.15) is 0 Å². The van der Waals surface area contributed by atoms with Crippen molar-refractivity contribution in [1.82, 2.24) is 30.6 Å². The van der Waals surface area contributed by atoms with E-state index in [4.69, 9.17) is 0 Å². The molecule has 0 saturated heterocycles. The molecule has 2 heterocycles. The van der Waals surface area contributed by atoms with E-state index in [0.29, 0.717) is 37.3 Å². The van der Waals surface area contributed by atoms with Crippen molar-refractivity contribution in [3.05, 3.63) is 44.2 Å². The monoisotopic (exact) mass is 741 g/mol. The second kappa shape index (κ2) is 30.7. The molecule has 12 nitrogen and oxygen atoms in total. The van der Waals surface area contributed by atoms with E-state index in [1.807, 2.05) is 0 Å². The van der Waals surface area contributed by atoms with Gasteiger partial charge in [0.15, 0.2) is 0 Å². The highest BCUT2D eigenvalue weighted by Gasteiger charge is 2.08. The van der Waals surface area contributed by atoms with Crippen molar-refractivity contribution in [2.24, 2.45) is 0 Å². The van der Waals surface area contributed by atoms with E-state index in [-0.39, 0.29) is 23.0 Å². The Labute approximate surface area is 318 Å². The summed E-state index contributed by atoms with van der Waals surface area (Å²) in [5.41, 5.74) is 0.815. The van der Waals surface area contributed by atoms with Crippen LogP contribution < -0.4 is 32.4 Å². The summed E-state index contributed by atoms with van der Waals surface area (Å²) in [4.78, 5) is 63.0. The van der Waals surface area contributed by atoms with E-state index in [9.17, 15) is 19.2 Å². The number of amides is 4. The summed E-state index contributed by atoms with van der Waals surface area (Å²) in [6.45, 7) is 5.38. The third-order valence-electron chi connectivity index (χ3n) is 9.55. The lowest BCUT2D eigenvalue weighted by atomic mass is 10.0. The minimum absolute atomic E-state index is 0.152. The Morgan fingerprint density at radius 2 is 0.774 bits per heavy atom. The van der Waals surface area contributed by atoms with E-state index in [2.05, 4.69) is 55.1 Å². The van der Waals surface area contributed by atoms with Crippen molar-refractivity contribution >= 4 is 24.0 Å². The number of carbonyl (C=O) groups is 2. The molecule has 0 fully saturated rings. The Bertz CT molecular complexity index is 1260. The third kappa shape index (κ3) is 25.0. The van der Waals surface area contributed by atoms with Gasteiger partial charge in [-0.15, -0.1) is 0 Å². The molecule has 2 rings (SSSR count). The molecule has 300 valence electrons. The van der Waals surface area contributed by atoms with Crippen molar-refractivity contribution in [2.75, 3.05) is 23.7 Å². The molecule has 2 aromatic heterocycles. The van der Waals surface area contributed by atoms with Crippen molar-refractivity contribution in [1.29, 1.82) is 0 Å². The minimum Gasteiger partial charge on any atom is -0.338 e. The average Bonchev–Trinajstić information content (AvgIpc) is 3.12. The zero-order chi connectivity index (χ0) is 38.2. The maximum Gasteiger partial charge on any atom is 0.321 e. The average molecular weight is 741 g/mol. The summed E-state index contributed by atoms with van der Waals surface area (Å²) in [6, 6.07) is 2.15. The fourth-order valence-electron chi connectivity index (χ4n) is 6.47. The fraction of sp³-hybridized carbons (Fsp3) is 0.756. The minimum atomic E-state index is -0.426. The highest BCUT2D eigenvalue weighted by atomic mass is 16.2. The Morgan fingerprint density at radius 1 is 0.472 bits per heavy atom. The SMILES string of the molecule is CCCCCCCCCCCCCc1cc(=O)[nH]c(NC(=O)NCCCCCNC(=O)Nc2nc(CCCCCCCCCCCCC)cc(=O)[nH]2)n1. The third-order valence-corrected chi connectivity index (χ3v) is 9.55. The van der Waals surface area contributed by atoms with Gasteiger partial charge in [-0.3, -0.25) is 30.2 Å². The van der Waals surface area contributed by atoms with Gasteiger partial charge in [0.25, 0.3) is 11.1 Å². The molecule has 0 aliphatic carbocycles. The quantitative estimate of drug-likeness (QED) is 0.0407. The molecular weight excluding hydrogens is 669 g/mol. The fourth-order valence-corrected chi connectivity index (χ4v) is 6.47. The predicted molar refractivity (Wildman–Crippen MR) is 218 cm³/mol. The number of H-pyrrole nitrogens is 2. The summed E-state index contributed by atoms with van der Waals surface area (Å²) >= 11 is 0. The summed E-state index contributed by atoms with van der Waals surface area (Å²) in [7, 11) is 0. The van der Waals surface area contributed by atoms with E-state index in [1.165, 1.54) is 128 Å². The van der Waals surface area contributed by atoms with Crippen LogP contribution in [0.2, 0.25) is 0 Å². The molecule has 4 amide bonds. The molecule has 0 unspecified atom stereocenters. The second-order valence-corrected chi connectivity index (χ2v) is 14.6. The number of unbranched alkanes of at least 4 members (excludes halogenated alkanes) is 22. The van der Waals surface area contributed by atoms with Crippen LogP contribution in [0.4, 0.5) is 21.5 Å². The lowest BCUT2D eigenvalue weighted by Crippen LogP contribution is -2.32. The van der Waals surface area contributed by atoms with Crippen LogP contribution in [0.1, 0.15) is 186 Å². The van der Waals surface area contributed by atoms with Crippen molar-refractivity contribution in [3.63, 3.8) is 0 Å². The van der Waals surface area contributed by atoms with E-state index in [1.54, 1.807) is 0 Å². The van der Waals surface area contributed by atoms with Gasteiger partial charge >= 0.3 is 12.1 Å². The molecule has 6 N–H and O–H groups in total. The first-order valence-electron chi connectivity index (χ1n) is 21.2. The van der Waals surface area contributed by atoms with Gasteiger partial charge in [0.2, 0.25) is 11.9 Å². The van der Waals surface area contributed by atoms with Gasteiger partial charge < -0.3 is 10.6 Å². The molecule has 0 aliphatic rings. The molecule has 2 aromatic rings. The summed E-state index contributed by atoms with van der Waals surface area (Å²) in [5, 5.41) is 10.8. The Kier molecular flexibility index (Phi) is 26.4. The van der Waals surface area contributed by atoms with Crippen LogP contribution in [0, 0.1) is 0 Å². The number of nitrogens with one attached hydrogen (secondary N) is 6. The number of nitrogens with zero attached hydrogens (tertiary/aromatic N) is 2. The van der Waals surface area contributed by atoms with Crippen LogP contribution in [0.25, 0.3) is 0 Å². The van der Waals surface area contributed by atoms with Gasteiger partial charge in [-0.1, -0.05) is 142 Å². The first kappa shape index (κ1) is 45.5. The molecule has 0 spiro atoms. The molecule has 0 saturated carbocycles. The van der Waals surface area contributed by atoms with Crippen LogP contribution in [0.5, 0.6) is 0 Å². The molecule has 0 atom stereocenters. The lowest BCUT2D eigenvalue weighted by Gasteiger charge is -2.09. The van der Waals surface area contributed by atoms with Crippen LogP contribution in [-0.2, 0) is 12.8 Å². The van der Waals surface area contributed by atoms with Gasteiger partial charge in [0, 0.05) is 36.6 Å². The van der Waals surface area contributed by atoms with Crippen LogP contribution in [0.15, 0.2) is 21.7 Å². The van der Waals surface area contributed by atoms with Gasteiger partial charge in [-0.05, 0) is 44.9 Å². The standard InChI is InChI=1S/C41H72N8O4/c1-3-5-7-9-11-13-15-17-19-21-24-28-34-32-36(50)46-38(44-34)48-40(52)42-30-26-23-27-31-43-41(53)49-39-45-35(33-37(51)47-39)29-25-22-20-18-16-14-12-10-8-6-4-2/h32-33H,3-31H2,1-2H3,(H3,42,44,46,48,50,52)(H3,43,45,47,49,51,53). The first-order chi connectivity index (χ1) is 25.9. The van der Waals surface area contributed by atoms with Crippen molar-refractivity contribution in [3.8, 4) is 0 Å². The normalized spacial score (nSPS) is 11.1. The molecule has 0 radical (unpaired) electrons. The van der Waals surface area contributed by atoms with Gasteiger partial charge in [-0.25, -0.2) is 19.6 Å². The number of urea groups is 2. The number of anilines is 2. The molecule has 0 aliphatic heterocycles. The lowest BCUT2D eigenvalue weighted by molar-refractivity contribution is 0.251. The van der Waals surface area contributed by atoms with Crippen molar-refractivity contribution < 1.29 is 9.59 Å². The maximum atomic E-state index is 12.4. The van der Waals surface area contributed by atoms with Gasteiger partial charge in [0.05, 0.1) is 0 Å². The molecule has 12 heteroatoms. The van der Waals surface area contributed by atoms with Crippen LogP contribution >= 0.6 is 0 Å². The molecule has 0 aromatic carbocycles. The first-order valence-corrected chi connectivity index (χ1v) is 21.2. The van der Waals surface area contributed by atoms with E-state index in [0.717, 1.165) is 44.9 Å². The summed E-state index contributed by atoms with van der Waals surface area (Å²) in [5.74, 6) is 0.303. The molecule has 53 heavy (non-hydrogen) atoms. The number of aromatic amines is 2. The molecular formula is C41H72N8O4. The Morgan fingerprint density at radius 3 is 1.11 bits per heavy atom. The highest BCUT2D eigenvalue weighted by Crippen LogP contribution is 2.14. The van der Waals surface area contributed by atoms with E-state index >= 15 is 0 Å². The molecule has 0 bridgehead atoms. The number of aryl methyl sites for hydroxylation is 2. The van der Waals surface area contributed by atoms with Crippen LogP contribution in [0.3, 0.4) is 0 Å². The number of hydrogen-bond donors (Lipinski definition) is 6. The highest BCUT2D eigenvalue weighted by molar-refractivity contribution is 5.87. The van der Waals surface area contributed by atoms with Gasteiger partial charge in [0.1, 0.15) is 0 Å². The van der Waals surface area contributed by atoms with Crippen molar-refractivity contribution in [2.45, 2.75) is 187 Å². The maximum absolute atomic E-state index is 12.4. The second-order valence-electron chi connectivity index (χ2n) is 14.6. The summed E-state index contributed by atoms with van der Waals surface area (Å²) in [6.07, 6.45) is 31.4. The Balaban J connectivity index is 1.51. The number of aromatic nitrogens is 4. The van der Waals surface area contributed by atoms with Crippen LogP contribution in [-0.4, -0.2) is 45.1 Å². The predicted octanol–water partition coefficient (Wildman–Crippen LogP) is 9.67. The smallest absolute Gasteiger partial charge is 0.321 e. The summed E-state index contributed by atoms with van der Waals surface area (Å²) < 4.78 is 0. The van der Waals surface area contributed by atoms with E-state index < -0.39 is 12.1 Å². The zero-order valence-corrected chi connectivity index (χ0v) is 33.2. The number of hydrogen-bond acceptors (Lipinski definition) is 6. The number of carbonyl (C=O) groups excluding carboxylic acids is 2. The largest absolute Gasteiger partial charge is 0.338 e. The zero-order valence-electron chi connectivity index (χ0n) is 33.2.